The molecular weight excluding hydrogens is 499 g/mol. The van der Waals surface area contributed by atoms with Crippen molar-refractivity contribution in [3.05, 3.63) is 58.2 Å². The first-order valence-corrected chi connectivity index (χ1v) is 12.0. The van der Waals surface area contributed by atoms with E-state index in [0.717, 1.165) is 37.0 Å². The molecule has 192 valence electrons. The number of carbonyl (C=O) groups excluding carboxylic acids is 1. The second kappa shape index (κ2) is 11.7. The van der Waals surface area contributed by atoms with E-state index in [1.807, 2.05) is 0 Å². The van der Waals surface area contributed by atoms with Crippen LogP contribution in [0.2, 0.25) is 0 Å². The zero-order chi connectivity index (χ0) is 25.5. The number of aryl methyl sites for hydroxylation is 1. The lowest BCUT2D eigenvalue weighted by molar-refractivity contribution is -0.165. The monoisotopic (exact) mass is 523 g/mol. The Bertz CT molecular complexity index is 1150. The summed E-state index contributed by atoms with van der Waals surface area (Å²) in [5.74, 6) is -0.0245. The molecule has 1 unspecified atom stereocenters. The molecule has 3 aromatic rings. The predicted octanol–water partition coefficient (Wildman–Crippen LogP) is 4.42. The van der Waals surface area contributed by atoms with Gasteiger partial charge < -0.3 is 19.5 Å². The lowest BCUT2D eigenvalue weighted by Crippen LogP contribution is -2.24. The molecule has 1 amide bonds. The van der Waals surface area contributed by atoms with Crippen molar-refractivity contribution >= 4 is 23.1 Å². The number of nitrogens with zero attached hydrogens (tertiary/aromatic N) is 4. The van der Waals surface area contributed by atoms with Crippen LogP contribution in [-0.2, 0) is 22.1 Å². The number of hydrogen-bond acceptors (Lipinski definition) is 9. The van der Waals surface area contributed by atoms with Gasteiger partial charge >= 0.3 is 6.18 Å². The number of carbonyl (C=O) groups is 1. The minimum absolute atomic E-state index is 0.123. The minimum atomic E-state index is -4.57. The molecule has 36 heavy (non-hydrogen) atoms. The first-order valence-electron chi connectivity index (χ1n) is 11.3. The van der Waals surface area contributed by atoms with Crippen LogP contribution in [0.25, 0.3) is 0 Å². The highest BCUT2D eigenvalue weighted by molar-refractivity contribution is 7.06. The molecule has 0 bridgehead atoms. The molecule has 1 saturated heterocycles. The summed E-state index contributed by atoms with van der Waals surface area (Å²) in [6.07, 6.45) is 1.59. The van der Waals surface area contributed by atoms with Gasteiger partial charge in [0.1, 0.15) is 6.61 Å². The van der Waals surface area contributed by atoms with Gasteiger partial charge in [0.05, 0.1) is 41.6 Å². The summed E-state index contributed by atoms with van der Waals surface area (Å²) in [6.45, 7) is 3.09. The van der Waals surface area contributed by atoms with Gasteiger partial charge in [0.2, 0.25) is 5.88 Å². The zero-order valence-electron chi connectivity index (χ0n) is 19.4. The molecule has 3 aromatic heterocycles. The highest BCUT2D eigenvalue weighted by Gasteiger charge is 2.32. The van der Waals surface area contributed by atoms with Gasteiger partial charge in [-0.05, 0) is 43.8 Å². The van der Waals surface area contributed by atoms with E-state index in [0.29, 0.717) is 59.4 Å². The van der Waals surface area contributed by atoms with Crippen LogP contribution in [0.3, 0.4) is 0 Å². The van der Waals surface area contributed by atoms with Gasteiger partial charge in [0, 0.05) is 30.2 Å². The number of amides is 1. The molecule has 1 atom stereocenters. The Kier molecular flexibility index (Phi) is 8.44. The largest absolute Gasteiger partial charge is 0.475 e. The smallest absolute Gasteiger partial charge is 0.434 e. The third kappa shape index (κ3) is 6.95. The molecule has 4 rings (SSSR count). The van der Waals surface area contributed by atoms with Crippen LogP contribution in [-0.4, -0.2) is 51.3 Å². The van der Waals surface area contributed by atoms with Crippen molar-refractivity contribution in [3.8, 4) is 5.88 Å². The standard InChI is InChI=1S/C23H24F3N5O4S/c1-14-21(17(36-31-14)10-16-12-28-18(13-27-16)23(24,25)26)22(32)30-15-5-6-19(29-11-15)33-8-9-35-20-4-2-3-7-34-20/h5-6,11-13,20H,2-4,7-10H2,1H3,(H,30,32). The van der Waals surface area contributed by atoms with Gasteiger partial charge in [-0.25, -0.2) is 9.97 Å². The number of nitrogens with one attached hydrogen (secondary N) is 1. The maximum Gasteiger partial charge on any atom is 0.434 e. The fraction of sp³-hybridized carbons (Fsp3) is 0.435. The fourth-order valence-electron chi connectivity index (χ4n) is 3.49. The van der Waals surface area contributed by atoms with Crippen molar-refractivity contribution in [1.82, 2.24) is 19.3 Å². The molecule has 0 aromatic carbocycles. The van der Waals surface area contributed by atoms with Gasteiger partial charge in [-0.1, -0.05) is 0 Å². The molecule has 1 aliphatic rings. The van der Waals surface area contributed by atoms with Crippen LogP contribution in [0, 0.1) is 6.92 Å². The topological polar surface area (TPSA) is 108 Å². The Balaban J connectivity index is 1.31. The van der Waals surface area contributed by atoms with E-state index in [2.05, 4.69) is 24.6 Å². The number of hydrogen-bond donors (Lipinski definition) is 1. The number of ether oxygens (including phenoxy) is 3. The van der Waals surface area contributed by atoms with Crippen molar-refractivity contribution < 1.29 is 32.2 Å². The van der Waals surface area contributed by atoms with Gasteiger partial charge in [-0.3, -0.25) is 9.78 Å². The molecule has 1 aliphatic heterocycles. The summed E-state index contributed by atoms with van der Waals surface area (Å²) < 4.78 is 59.0. The van der Waals surface area contributed by atoms with E-state index in [9.17, 15) is 18.0 Å². The molecule has 9 nitrogen and oxygen atoms in total. The van der Waals surface area contributed by atoms with Crippen molar-refractivity contribution in [2.75, 3.05) is 25.1 Å². The van der Waals surface area contributed by atoms with E-state index in [4.69, 9.17) is 14.2 Å². The SMILES string of the molecule is Cc1nsc(Cc2cnc(C(F)(F)F)cn2)c1C(=O)Nc1ccc(OCCOC2CCCCO2)nc1. The van der Waals surface area contributed by atoms with Gasteiger partial charge in [-0.2, -0.15) is 17.5 Å². The Morgan fingerprint density at radius 1 is 1.17 bits per heavy atom. The van der Waals surface area contributed by atoms with Crippen LogP contribution >= 0.6 is 11.5 Å². The maximum atomic E-state index is 12.9. The third-order valence-electron chi connectivity index (χ3n) is 5.27. The summed E-state index contributed by atoms with van der Waals surface area (Å²) >= 11 is 1.09. The summed E-state index contributed by atoms with van der Waals surface area (Å²) in [6, 6.07) is 3.28. The average molecular weight is 524 g/mol. The number of anilines is 1. The average Bonchev–Trinajstić information content (AvgIpc) is 3.23. The van der Waals surface area contributed by atoms with Crippen LogP contribution in [0.15, 0.2) is 30.7 Å². The van der Waals surface area contributed by atoms with E-state index in [1.165, 1.54) is 6.20 Å². The molecule has 0 radical (unpaired) electrons. The number of aromatic nitrogens is 4. The molecule has 1 fully saturated rings. The summed E-state index contributed by atoms with van der Waals surface area (Å²) in [5.41, 5.74) is 0.509. The number of alkyl halides is 3. The molecular formula is C23H24F3N5O4S. The van der Waals surface area contributed by atoms with Crippen molar-refractivity contribution in [2.45, 2.75) is 45.1 Å². The number of pyridine rings is 1. The van der Waals surface area contributed by atoms with Gasteiger partial charge in [-0.15, -0.1) is 0 Å². The fourth-order valence-corrected chi connectivity index (χ4v) is 4.37. The minimum Gasteiger partial charge on any atom is -0.475 e. The molecule has 0 aliphatic carbocycles. The van der Waals surface area contributed by atoms with Crippen molar-refractivity contribution in [3.63, 3.8) is 0 Å². The van der Waals surface area contributed by atoms with Crippen molar-refractivity contribution in [2.24, 2.45) is 0 Å². The molecule has 0 spiro atoms. The molecule has 13 heteroatoms. The number of halogens is 3. The van der Waals surface area contributed by atoms with E-state index in [1.54, 1.807) is 19.1 Å². The lowest BCUT2D eigenvalue weighted by atomic mass is 10.1. The van der Waals surface area contributed by atoms with Crippen molar-refractivity contribution in [1.29, 1.82) is 0 Å². The van der Waals surface area contributed by atoms with Crippen LogP contribution in [0.1, 0.15) is 51.6 Å². The lowest BCUT2D eigenvalue weighted by Gasteiger charge is -2.22. The van der Waals surface area contributed by atoms with Gasteiger partial charge in [0.15, 0.2) is 12.0 Å². The zero-order valence-corrected chi connectivity index (χ0v) is 20.2. The summed E-state index contributed by atoms with van der Waals surface area (Å²) in [7, 11) is 0. The first kappa shape index (κ1) is 25.9. The third-order valence-corrected chi connectivity index (χ3v) is 6.20. The van der Waals surface area contributed by atoms with Gasteiger partial charge in [0.25, 0.3) is 5.91 Å². The Hall–Kier alpha value is -3.16. The highest BCUT2D eigenvalue weighted by Crippen LogP contribution is 2.27. The summed E-state index contributed by atoms with van der Waals surface area (Å²) in [5, 5.41) is 2.76. The molecule has 1 N–H and O–H groups in total. The Morgan fingerprint density at radius 3 is 2.69 bits per heavy atom. The Morgan fingerprint density at radius 2 is 2.03 bits per heavy atom. The van der Waals surface area contributed by atoms with Crippen LogP contribution in [0.4, 0.5) is 18.9 Å². The van der Waals surface area contributed by atoms with E-state index in [-0.39, 0.29) is 12.7 Å². The predicted molar refractivity (Wildman–Crippen MR) is 124 cm³/mol. The second-order valence-corrected chi connectivity index (χ2v) is 8.85. The number of rotatable bonds is 9. The normalized spacial score (nSPS) is 16.1. The van der Waals surface area contributed by atoms with Crippen LogP contribution < -0.4 is 10.1 Å². The highest BCUT2D eigenvalue weighted by atomic mass is 32.1. The Labute approximate surface area is 209 Å². The summed E-state index contributed by atoms with van der Waals surface area (Å²) in [4.78, 5) is 24.9. The molecule has 4 heterocycles. The first-order chi connectivity index (χ1) is 17.3. The molecule has 0 saturated carbocycles. The van der Waals surface area contributed by atoms with E-state index < -0.39 is 17.8 Å². The van der Waals surface area contributed by atoms with Crippen LogP contribution in [0.5, 0.6) is 5.88 Å². The maximum absolute atomic E-state index is 12.9. The van der Waals surface area contributed by atoms with E-state index >= 15 is 0 Å². The second-order valence-electron chi connectivity index (χ2n) is 7.99. The quantitative estimate of drug-likeness (QED) is 0.411.